The van der Waals surface area contributed by atoms with Crippen LogP contribution in [0.15, 0.2) is 77.3 Å². The SMILES string of the molecule is C[C@@H](NC(=O)c1ccc(C#N)cc1)C(=O)N1CCN(CCCOc2ccc(-c3noc(-c4ccccc4)n3)c(F)c2)CC1. The number of carbonyl (C=O) groups is 2. The Hall–Kier alpha value is -5.08. The molecule has 0 unspecified atom stereocenters. The van der Waals surface area contributed by atoms with Crippen LogP contribution in [0.25, 0.3) is 22.8 Å². The number of ether oxygens (including phenoxy) is 1. The molecule has 43 heavy (non-hydrogen) atoms. The lowest BCUT2D eigenvalue weighted by Gasteiger charge is -2.36. The molecule has 0 aliphatic carbocycles. The number of nitrogens with zero attached hydrogens (tertiary/aromatic N) is 5. The topological polar surface area (TPSA) is 125 Å². The van der Waals surface area contributed by atoms with E-state index in [9.17, 15) is 14.0 Å². The highest BCUT2D eigenvalue weighted by Crippen LogP contribution is 2.26. The zero-order valence-corrected chi connectivity index (χ0v) is 23.7. The van der Waals surface area contributed by atoms with Gasteiger partial charge in [-0.05, 0) is 61.9 Å². The Morgan fingerprint density at radius 1 is 1.07 bits per heavy atom. The van der Waals surface area contributed by atoms with Crippen LogP contribution in [0.2, 0.25) is 0 Å². The minimum absolute atomic E-state index is 0.132. The van der Waals surface area contributed by atoms with Crippen molar-refractivity contribution in [2.75, 3.05) is 39.3 Å². The fourth-order valence-corrected chi connectivity index (χ4v) is 4.78. The zero-order chi connectivity index (χ0) is 30.2. The molecule has 1 aliphatic heterocycles. The molecule has 5 rings (SSSR count). The first-order chi connectivity index (χ1) is 20.9. The Balaban J connectivity index is 1.02. The molecule has 1 aromatic heterocycles. The van der Waals surface area contributed by atoms with Crippen molar-refractivity contribution in [2.45, 2.75) is 19.4 Å². The van der Waals surface area contributed by atoms with E-state index in [-0.39, 0.29) is 23.2 Å². The summed E-state index contributed by atoms with van der Waals surface area (Å²) in [6.45, 7) is 5.40. The van der Waals surface area contributed by atoms with Crippen molar-refractivity contribution in [1.82, 2.24) is 25.3 Å². The maximum Gasteiger partial charge on any atom is 0.258 e. The van der Waals surface area contributed by atoms with E-state index in [1.54, 1.807) is 48.2 Å². The number of nitrogens with one attached hydrogen (secondary N) is 1. The normalized spacial score (nSPS) is 14.1. The zero-order valence-electron chi connectivity index (χ0n) is 23.7. The monoisotopic (exact) mass is 582 g/mol. The molecule has 1 fully saturated rings. The summed E-state index contributed by atoms with van der Waals surface area (Å²) in [6, 6.07) is 21.5. The van der Waals surface area contributed by atoms with E-state index in [0.29, 0.717) is 55.6 Å². The third-order valence-electron chi connectivity index (χ3n) is 7.19. The van der Waals surface area contributed by atoms with Gasteiger partial charge < -0.3 is 19.5 Å². The Bertz CT molecular complexity index is 1590. The predicted octanol–water partition coefficient (Wildman–Crippen LogP) is 4.15. The number of hydrogen-bond acceptors (Lipinski definition) is 8. The van der Waals surface area contributed by atoms with Gasteiger partial charge in [0.05, 0.1) is 23.8 Å². The molecule has 0 spiro atoms. The molecule has 1 atom stereocenters. The van der Waals surface area contributed by atoms with Gasteiger partial charge in [0, 0.05) is 49.9 Å². The first kappa shape index (κ1) is 29.4. The fourth-order valence-electron chi connectivity index (χ4n) is 4.78. The Labute approximate surface area is 248 Å². The molecule has 2 heterocycles. The molecule has 0 saturated carbocycles. The van der Waals surface area contributed by atoms with E-state index in [1.807, 2.05) is 36.4 Å². The maximum atomic E-state index is 14.8. The molecule has 10 nitrogen and oxygen atoms in total. The van der Waals surface area contributed by atoms with E-state index in [2.05, 4.69) is 20.4 Å². The van der Waals surface area contributed by atoms with Gasteiger partial charge in [0.15, 0.2) is 0 Å². The highest BCUT2D eigenvalue weighted by molar-refractivity contribution is 5.97. The van der Waals surface area contributed by atoms with Gasteiger partial charge >= 0.3 is 0 Å². The van der Waals surface area contributed by atoms with Gasteiger partial charge in [-0.15, -0.1) is 0 Å². The van der Waals surface area contributed by atoms with Crippen LogP contribution in [0.5, 0.6) is 5.75 Å². The summed E-state index contributed by atoms with van der Waals surface area (Å²) in [5.41, 5.74) is 1.85. The quantitative estimate of drug-likeness (QED) is 0.277. The van der Waals surface area contributed by atoms with Crippen molar-refractivity contribution < 1.29 is 23.2 Å². The van der Waals surface area contributed by atoms with Crippen molar-refractivity contribution >= 4 is 11.8 Å². The molecule has 2 amide bonds. The van der Waals surface area contributed by atoms with Crippen LogP contribution < -0.4 is 10.1 Å². The third-order valence-corrected chi connectivity index (χ3v) is 7.19. The molecule has 1 N–H and O–H groups in total. The lowest BCUT2D eigenvalue weighted by atomic mass is 10.1. The Morgan fingerprint density at radius 2 is 1.81 bits per heavy atom. The Morgan fingerprint density at radius 3 is 2.51 bits per heavy atom. The summed E-state index contributed by atoms with van der Waals surface area (Å²) < 4.78 is 25.9. The highest BCUT2D eigenvalue weighted by Gasteiger charge is 2.26. The van der Waals surface area contributed by atoms with Crippen molar-refractivity contribution in [1.29, 1.82) is 5.26 Å². The molecule has 11 heteroatoms. The lowest BCUT2D eigenvalue weighted by Crippen LogP contribution is -2.54. The van der Waals surface area contributed by atoms with Gasteiger partial charge in [-0.1, -0.05) is 23.4 Å². The van der Waals surface area contributed by atoms with Gasteiger partial charge in [-0.25, -0.2) is 4.39 Å². The van der Waals surface area contributed by atoms with Crippen molar-refractivity contribution in [3.63, 3.8) is 0 Å². The fraction of sp³-hybridized carbons (Fsp3) is 0.281. The number of rotatable bonds is 10. The molecular weight excluding hydrogens is 551 g/mol. The van der Waals surface area contributed by atoms with Gasteiger partial charge in [0.25, 0.3) is 11.8 Å². The summed E-state index contributed by atoms with van der Waals surface area (Å²) in [5, 5.41) is 15.6. The van der Waals surface area contributed by atoms with Crippen molar-refractivity contribution in [3.05, 3.63) is 89.7 Å². The summed E-state index contributed by atoms with van der Waals surface area (Å²) >= 11 is 0. The number of benzene rings is 3. The minimum Gasteiger partial charge on any atom is -0.493 e. The summed E-state index contributed by atoms with van der Waals surface area (Å²) in [5.74, 6) is -0.0790. The second kappa shape index (κ2) is 13.7. The first-order valence-electron chi connectivity index (χ1n) is 14.1. The van der Waals surface area contributed by atoms with Crippen LogP contribution in [-0.2, 0) is 4.79 Å². The molecular formula is C32H31FN6O4. The number of amides is 2. The smallest absolute Gasteiger partial charge is 0.258 e. The van der Waals surface area contributed by atoms with E-state index in [0.717, 1.165) is 18.5 Å². The molecule has 0 bridgehead atoms. The van der Waals surface area contributed by atoms with Gasteiger partial charge in [-0.2, -0.15) is 10.2 Å². The van der Waals surface area contributed by atoms with E-state index in [1.165, 1.54) is 6.07 Å². The van der Waals surface area contributed by atoms with Gasteiger partial charge in [-0.3, -0.25) is 14.5 Å². The Kier molecular flexibility index (Phi) is 9.39. The summed E-state index contributed by atoms with van der Waals surface area (Å²) in [4.78, 5) is 33.7. The number of carbonyl (C=O) groups excluding carboxylic acids is 2. The summed E-state index contributed by atoms with van der Waals surface area (Å²) in [7, 11) is 0. The van der Waals surface area contributed by atoms with Crippen LogP contribution in [0.1, 0.15) is 29.3 Å². The largest absolute Gasteiger partial charge is 0.493 e. The molecule has 3 aromatic carbocycles. The van der Waals surface area contributed by atoms with Crippen LogP contribution in [-0.4, -0.2) is 77.1 Å². The van der Waals surface area contributed by atoms with E-state index in [4.69, 9.17) is 14.5 Å². The third kappa shape index (κ3) is 7.42. The maximum absolute atomic E-state index is 14.8. The van der Waals surface area contributed by atoms with E-state index >= 15 is 0 Å². The highest BCUT2D eigenvalue weighted by atomic mass is 19.1. The second-order valence-electron chi connectivity index (χ2n) is 10.2. The first-order valence-corrected chi connectivity index (χ1v) is 14.1. The van der Waals surface area contributed by atoms with Crippen molar-refractivity contribution in [2.24, 2.45) is 0 Å². The van der Waals surface area contributed by atoms with Crippen LogP contribution in [0, 0.1) is 17.1 Å². The van der Waals surface area contributed by atoms with Crippen LogP contribution >= 0.6 is 0 Å². The number of nitriles is 1. The number of halogens is 1. The number of aromatic nitrogens is 2. The molecule has 4 aromatic rings. The average molecular weight is 583 g/mol. The lowest BCUT2D eigenvalue weighted by molar-refractivity contribution is -0.134. The van der Waals surface area contributed by atoms with Crippen LogP contribution in [0.4, 0.5) is 4.39 Å². The average Bonchev–Trinajstić information content (AvgIpc) is 3.53. The van der Waals surface area contributed by atoms with Crippen LogP contribution in [0.3, 0.4) is 0 Å². The molecule has 0 radical (unpaired) electrons. The summed E-state index contributed by atoms with van der Waals surface area (Å²) in [6.07, 6.45) is 0.736. The van der Waals surface area contributed by atoms with Gasteiger partial charge in [0.2, 0.25) is 11.7 Å². The number of hydrogen-bond donors (Lipinski definition) is 1. The number of piperazine rings is 1. The van der Waals surface area contributed by atoms with E-state index < -0.39 is 11.9 Å². The predicted molar refractivity (Wildman–Crippen MR) is 156 cm³/mol. The minimum atomic E-state index is -0.666. The molecule has 1 aliphatic rings. The standard InChI is InChI=1S/C32H31FN6O4/c1-22(35-30(40)24-10-8-23(21-34)9-11-24)32(41)39-17-15-38(16-18-39)14-5-19-42-26-12-13-27(28(33)20-26)29-36-31(43-37-29)25-6-3-2-4-7-25/h2-4,6-13,20,22H,5,14-19H2,1H3,(H,35,40)/t22-/m1/s1. The molecule has 1 saturated heterocycles. The van der Waals surface area contributed by atoms with Crippen molar-refractivity contribution in [3.8, 4) is 34.7 Å². The second-order valence-corrected chi connectivity index (χ2v) is 10.2. The molecule has 220 valence electrons. The van der Waals surface area contributed by atoms with Gasteiger partial charge in [0.1, 0.15) is 17.6 Å².